The van der Waals surface area contributed by atoms with E-state index < -0.39 is 0 Å². The lowest BCUT2D eigenvalue weighted by Gasteiger charge is -2.20. The van der Waals surface area contributed by atoms with Gasteiger partial charge in [-0.3, -0.25) is 5.43 Å². The van der Waals surface area contributed by atoms with Crippen molar-refractivity contribution in [2.24, 2.45) is 5.84 Å². The quantitative estimate of drug-likeness (QED) is 0.418. The number of aromatic nitrogens is 2. The molecule has 0 aromatic carbocycles. The zero-order valence-electron chi connectivity index (χ0n) is 10.0. The number of nitrogens with zero attached hydrogens (tertiary/aromatic N) is 3. The van der Waals surface area contributed by atoms with E-state index in [0.717, 1.165) is 31.0 Å². The lowest BCUT2D eigenvalue weighted by Crippen LogP contribution is -2.23. The van der Waals surface area contributed by atoms with E-state index in [1.807, 2.05) is 14.0 Å². The van der Waals surface area contributed by atoms with E-state index in [9.17, 15) is 0 Å². The summed E-state index contributed by atoms with van der Waals surface area (Å²) >= 11 is 0. The largest absolute Gasteiger partial charge is 0.385 e. The Kier molecular flexibility index (Phi) is 4.94. The van der Waals surface area contributed by atoms with Crippen molar-refractivity contribution in [2.75, 3.05) is 37.6 Å². The maximum Gasteiger partial charge on any atom is 0.239 e. The van der Waals surface area contributed by atoms with E-state index in [4.69, 9.17) is 10.6 Å². The van der Waals surface area contributed by atoms with Crippen LogP contribution in [0.2, 0.25) is 0 Å². The fourth-order valence-electron chi connectivity index (χ4n) is 1.44. The van der Waals surface area contributed by atoms with Crippen LogP contribution in [0.25, 0.3) is 0 Å². The molecular weight excluding hydrogens is 206 g/mol. The number of hydrogen-bond donors (Lipinski definition) is 2. The first-order valence-corrected chi connectivity index (χ1v) is 5.19. The number of anilines is 2. The highest BCUT2D eigenvalue weighted by atomic mass is 16.5. The second-order valence-corrected chi connectivity index (χ2v) is 3.61. The number of methoxy groups -OCH3 is 1. The van der Waals surface area contributed by atoms with Gasteiger partial charge in [-0.1, -0.05) is 0 Å². The molecule has 0 saturated carbocycles. The number of nitrogens with two attached hydrogens (primary N) is 1. The molecule has 0 saturated heterocycles. The van der Waals surface area contributed by atoms with Crippen molar-refractivity contribution in [1.82, 2.24) is 9.97 Å². The molecule has 1 heterocycles. The van der Waals surface area contributed by atoms with Crippen LogP contribution in [0.5, 0.6) is 0 Å². The van der Waals surface area contributed by atoms with Gasteiger partial charge in [-0.05, 0) is 13.3 Å². The summed E-state index contributed by atoms with van der Waals surface area (Å²) in [5.41, 5.74) is 3.47. The van der Waals surface area contributed by atoms with Crippen molar-refractivity contribution in [3.63, 3.8) is 0 Å². The van der Waals surface area contributed by atoms with Gasteiger partial charge in [-0.15, -0.1) is 0 Å². The minimum Gasteiger partial charge on any atom is -0.385 e. The van der Waals surface area contributed by atoms with Crippen LogP contribution in [0.3, 0.4) is 0 Å². The molecule has 0 atom stereocenters. The average Bonchev–Trinajstić information content (AvgIpc) is 2.30. The van der Waals surface area contributed by atoms with E-state index in [-0.39, 0.29) is 0 Å². The number of hydrazine groups is 1. The monoisotopic (exact) mass is 225 g/mol. The molecule has 6 heteroatoms. The van der Waals surface area contributed by atoms with Crippen molar-refractivity contribution >= 4 is 11.8 Å². The Balaban J connectivity index is 2.69. The third-order valence-electron chi connectivity index (χ3n) is 2.28. The number of rotatable bonds is 6. The lowest BCUT2D eigenvalue weighted by atomic mass is 10.3. The summed E-state index contributed by atoms with van der Waals surface area (Å²) in [6.07, 6.45) is 2.71. The smallest absolute Gasteiger partial charge is 0.239 e. The van der Waals surface area contributed by atoms with Gasteiger partial charge in [0.1, 0.15) is 5.82 Å². The van der Waals surface area contributed by atoms with Crippen LogP contribution >= 0.6 is 0 Å². The van der Waals surface area contributed by atoms with Gasteiger partial charge in [-0.25, -0.2) is 10.8 Å². The summed E-state index contributed by atoms with van der Waals surface area (Å²) < 4.78 is 5.01. The summed E-state index contributed by atoms with van der Waals surface area (Å²) in [4.78, 5) is 10.4. The summed E-state index contributed by atoms with van der Waals surface area (Å²) in [5.74, 6) is 6.59. The molecule has 0 aliphatic rings. The fourth-order valence-corrected chi connectivity index (χ4v) is 1.44. The van der Waals surface area contributed by atoms with E-state index in [1.54, 1.807) is 13.3 Å². The van der Waals surface area contributed by atoms with Crippen LogP contribution in [0.1, 0.15) is 12.0 Å². The highest BCUT2D eigenvalue weighted by Crippen LogP contribution is 2.16. The van der Waals surface area contributed by atoms with Crippen LogP contribution in [0, 0.1) is 6.92 Å². The van der Waals surface area contributed by atoms with Gasteiger partial charge in [0.15, 0.2) is 0 Å². The molecule has 6 nitrogen and oxygen atoms in total. The molecular formula is C10H19N5O. The molecule has 0 radical (unpaired) electrons. The minimum absolute atomic E-state index is 0.430. The Labute approximate surface area is 95.8 Å². The van der Waals surface area contributed by atoms with Gasteiger partial charge in [-0.2, -0.15) is 4.98 Å². The topological polar surface area (TPSA) is 76.3 Å². The molecule has 1 aromatic heterocycles. The molecule has 16 heavy (non-hydrogen) atoms. The highest BCUT2D eigenvalue weighted by Gasteiger charge is 2.07. The van der Waals surface area contributed by atoms with Crippen molar-refractivity contribution in [2.45, 2.75) is 13.3 Å². The maximum atomic E-state index is 5.28. The predicted octanol–water partition coefficient (Wildman–Crippen LogP) is 0.543. The molecule has 1 aromatic rings. The Morgan fingerprint density at radius 3 is 2.94 bits per heavy atom. The van der Waals surface area contributed by atoms with Gasteiger partial charge in [0.05, 0.1) is 0 Å². The Morgan fingerprint density at radius 1 is 1.56 bits per heavy atom. The molecule has 1 rings (SSSR count). The van der Waals surface area contributed by atoms with Crippen LogP contribution < -0.4 is 16.2 Å². The number of nitrogen functional groups attached to an aromatic ring is 1. The predicted molar refractivity (Wildman–Crippen MR) is 64.3 cm³/mol. The first kappa shape index (κ1) is 12.7. The standard InChI is InChI=1S/C10H19N5O/c1-8-7-12-10(14-11)13-9(8)15(2)5-4-6-16-3/h7H,4-6,11H2,1-3H3,(H,12,13,14). The molecule has 0 bridgehead atoms. The first-order chi connectivity index (χ1) is 7.69. The molecule has 0 aliphatic carbocycles. The van der Waals surface area contributed by atoms with Crippen molar-refractivity contribution in [1.29, 1.82) is 0 Å². The summed E-state index contributed by atoms with van der Waals surface area (Å²) in [5, 5.41) is 0. The third kappa shape index (κ3) is 3.32. The van der Waals surface area contributed by atoms with Gasteiger partial charge in [0, 0.05) is 39.1 Å². The average molecular weight is 225 g/mol. The number of hydrogen-bond acceptors (Lipinski definition) is 6. The summed E-state index contributed by atoms with van der Waals surface area (Å²) in [7, 11) is 3.69. The molecule has 0 amide bonds. The van der Waals surface area contributed by atoms with Gasteiger partial charge in [0.2, 0.25) is 5.95 Å². The van der Waals surface area contributed by atoms with Gasteiger partial charge in [0.25, 0.3) is 0 Å². The number of ether oxygens (including phenoxy) is 1. The highest BCUT2D eigenvalue weighted by molar-refractivity contribution is 5.47. The maximum absolute atomic E-state index is 5.28. The Morgan fingerprint density at radius 2 is 2.31 bits per heavy atom. The second-order valence-electron chi connectivity index (χ2n) is 3.61. The third-order valence-corrected chi connectivity index (χ3v) is 2.28. The van der Waals surface area contributed by atoms with Crippen molar-refractivity contribution < 1.29 is 4.74 Å². The number of aryl methyl sites for hydroxylation is 1. The molecule has 0 aliphatic heterocycles. The van der Waals surface area contributed by atoms with E-state index >= 15 is 0 Å². The number of nitrogens with one attached hydrogen (secondary N) is 1. The van der Waals surface area contributed by atoms with E-state index in [2.05, 4.69) is 20.3 Å². The van der Waals surface area contributed by atoms with Crippen molar-refractivity contribution in [3.8, 4) is 0 Å². The lowest BCUT2D eigenvalue weighted by molar-refractivity contribution is 0.196. The molecule has 0 spiro atoms. The second kappa shape index (κ2) is 6.24. The molecule has 0 fully saturated rings. The SMILES string of the molecule is COCCCN(C)c1nc(NN)ncc1C. The molecule has 3 N–H and O–H groups in total. The van der Waals surface area contributed by atoms with E-state index in [0.29, 0.717) is 5.95 Å². The minimum atomic E-state index is 0.430. The van der Waals surface area contributed by atoms with Gasteiger partial charge >= 0.3 is 0 Å². The fraction of sp³-hybridized carbons (Fsp3) is 0.600. The Bertz CT molecular complexity index is 331. The normalized spacial score (nSPS) is 10.2. The van der Waals surface area contributed by atoms with E-state index in [1.165, 1.54) is 0 Å². The molecule has 90 valence electrons. The van der Waals surface area contributed by atoms with Gasteiger partial charge < -0.3 is 9.64 Å². The summed E-state index contributed by atoms with van der Waals surface area (Å²) in [6, 6.07) is 0. The Hall–Kier alpha value is -1.40. The van der Waals surface area contributed by atoms with Crippen LogP contribution in [0.4, 0.5) is 11.8 Å². The zero-order valence-corrected chi connectivity index (χ0v) is 10.0. The zero-order chi connectivity index (χ0) is 12.0. The first-order valence-electron chi connectivity index (χ1n) is 5.19. The molecule has 0 unspecified atom stereocenters. The summed E-state index contributed by atoms with van der Waals surface area (Å²) in [6.45, 7) is 3.61. The van der Waals surface area contributed by atoms with Crippen LogP contribution in [-0.2, 0) is 4.74 Å². The van der Waals surface area contributed by atoms with Crippen molar-refractivity contribution in [3.05, 3.63) is 11.8 Å². The van der Waals surface area contributed by atoms with Crippen LogP contribution in [0.15, 0.2) is 6.20 Å². The van der Waals surface area contributed by atoms with Crippen LogP contribution in [-0.4, -0.2) is 37.3 Å².